The van der Waals surface area contributed by atoms with Gasteiger partial charge in [-0.2, -0.15) is 5.10 Å². The lowest BCUT2D eigenvalue weighted by atomic mass is 9.45. The molecule has 4 heteroatoms. The highest BCUT2D eigenvalue weighted by Crippen LogP contribution is 2.67. The molecular weight excluding hydrogens is 308 g/mol. The summed E-state index contributed by atoms with van der Waals surface area (Å²) in [5.74, 6) is 4.27. The first-order valence-corrected chi connectivity index (χ1v) is 10.6. The van der Waals surface area contributed by atoms with Crippen LogP contribution in [0.25, 0.3) is 0 Å². The van der Waals surface area contributed by atoms with Gasteiger partial charge in [-0.05, 0) is 85.9 Å². The average molecular weight is 345 g/mol. The molecule has 0 radical (unpaired) electrons. The lowest BCUT2D eigenvalue weighted by Gasteiger charge is -2.60. The van der Waals surface area contributed by atoms with Crippen LogP contribution in [0.2, 0.25) is 0 Å². The van der Waals surface area contributed by atoms with E-state index < -0.39 is 0 Å². The second-order valence-corrected chi connectivity index (χ2v) is 9.93. The Kier molecular flexibility index (Phi) is 4.36. The van der Waals surface area contributed by atoms with Gasteiger partial charge in [-0.3, -0.25) is 5.41 Å². The topological polar surface area (TPSA) is 74.3 Å². The Morgan fingerprint density at radius 1 is 1.00 bits per heavy atom. The molecule has 0 heterocycles. The van der Waals surface area contributed by atoms with E-state index in [2.05, 4.69) is 30.6 Å². The molecule has 25 heavy (non-hydrogen) atoms. The number of nitrogens with zero attached hydrogens (tertiary/aromatic N) is 1. The second-order valence-electron chi connectivity index (χ2n) is 9.93. The Hall–Kier alpha value is -1.06. The molecule has 4 nitrogen and oxygen atoms in total. The monoisotopic (exact) mass is 344 g/mol. The Balaban J connectivity index is 1.53. The third kappa shape index (κ3) is 2.71. The molecular formula is C21H36N4. The first-order valence-electron chi connectivity index (χ1n) is 10.6. The van der Waals surface area contributed by atoms with E-state index in [0.717, 1.165) is 23.7 Å². The van der Waals surface area contributed by atoms with E-state index in [9.17, 15) is 0 Å². The van der Waals surface area contributed by atoms with Gasteiger partial charge in [0.15, 0.2) is 0 Å². The summed E-state index contributed by atoms with van der Waals surface area (Å²) < 4.78 is 0. The number of hydrazone groups is 1. The summed E-state index contributed by atoms with van der Waals surface area (Å²) in [6, 6.07) is 0. The molecule has 0 aromatic carbocycles. The lowest BCUT2D eigenvalue weighted by Crippen LogP contribution is -2.52. The predicted octanol–water partition coefficient (Wildman–Crippen LogP) is 4.50. The Morgan fingerprint density at radius 3 is 2.60 bits per heavy atom. The maximum absolute atomic E-state index is 7.28. The third-order valence-corrected chi connectivity index (χ3v) is 9.10. The summed E-state index contributed by atoms with van der Waals surface area (Å²) in [7, 11) is 0. The summed E-state index contributed by atoms with van der Waals surface area (Å²) >= 11 is 0. The molecule has 0 spiro atoms. The van der Waals surface area contributed by atoms with Gasteiger partial charge in [0.25, 0.3) is 0 Å². The summed E-state index contributed by atoms with van der Waals surface area (Å²) in [4.78, 5) is 0. The molecule has 0 saturated heterocycles. The van der Waals surface area contributed by atoms with Gasteiger partial charge in [0, 0.05) is 12.1 Å². The Morgan fingerprint density at radius 2 is 1.80 bits per heavy atom. The van der Waals surface area contributed by atoms with E-state index >= 15 is 0 Å². The maximum atomic E-state index is 7.28. The normalized spacial score (nSPS) is 49.3. The molecule has 4 rings (SSSR count). The van der Waals surface area contributed by atoms with Crippen LogP contribution in [0.4, 0.5) is 0 Å². The van der Waals surface area contributed by atoms with E-state index in [4.69, 9.17) is 11.1 Å². The second kappa shape index (κ2) is 6.28. The predicted molar refractivity (Wildman–Crippen MR) is 103 cm³/mol. The van der Waals surface area contributed by atoms with E-state index in [1.165, 1.54) is 64.2 Å². The molecule has 0 aliphatic heterocycles. The van der Waals surface area contributed by atoms with Crippen molar-refractivity contribution in [3.05, 3.63) is 0 Å². The standard InChI is InChI=1S/C21H36N4/c1-20-11-4-3-5-14(20)6-8-16-17-9-7-15(13-24-25-19(22)23)21(17,2)12-10-18(16)20/h13-18H,3-12H2,1-2H3,(H4,22,23,25)/t14-,15+,16-,17-,18-,20-,21+/m0/s1. The molecule has 0 bridgehead atoms. The quantitative estimate of drug-likeness (QED) is 0.392. The van der Waals surface area contributed by atoms with Crippen molar-refractivity contribution < 1.29 is 0 Å². The van der Waals surface area contributed by atoms with E-state index in [1.54, 1.807) is 0 Å². The van der Waals surface area contributed by atoms with Gasteiger partial charge in [-0.25, -0.2) is 5.43 Å². The molecule has 4 aliphatic rings. The first kappa shape index (κ1) is 17.4. The van der Waals surface area contributed by atoms with Gasteiger partial charge in [0.05, 0.1) is 0 Å². The van der Waals surface area contributed by atoms with Crippen molar-refractivity contribution in [1.29, 1.82) is 5.41 Å². The minimum absolute atomic E-state index is 0.0665. The largest absolute Gasteiger partial charge is 0.369 e. The smallest absolute Gasteiger partial charge is 0.206 e. The van der Waals surface area contributed by atoms with Crippen molar-refractivity contribution in [2.45, 2.75) is 78.1 Å². The minimum atomic E-state index is -0.0665. The van der Waals surface area contributed by atoms with E-state index in [1.807, 2.05) is 0 Å². The van der Waals surface area contributed by atoms with Gasteiger partial charge in [0.1, 0.15) is 0 Å². The molecule has 0 unspecified atom stereocenters. The average Bonchev–Trinajstić information content (AvgIpc) is 2.91. The fourth-order valence-corrected chi connectivity index (χ4v) is 7.78. The van der Waals surface area contributed by atoms with Crippen LogP contribution >= 0.6 is 0 Å². The molecule has 0 aromatic rings. The Bertz CT molecular complexity index is 558. The highest BCUT2D eigenvalue weighted by molar-refractivity contribution is 5.75. The number of guanidine groups is 1. The SMILES string of the molecule is C[C@]12CCCC[C@H]1CC[C@@H]1[C@@H]2CC[C@]2(C)[C@@H](C=NNC(=N)N)CC[C@@H]12. The summed E-state index contributed by atoms with van der Waals surface area (Å²) in [5, 5.41) is 11.5. The van der Waals surface area contributed by atoms with Crippen molar-refractivity contribution in [2.24, 2.45) is 51.3 Å². The molecule has 4 aliphatic carbocycles. The number of hydrogen-bond donors (Lipinski definition) is 3. The fourth-order valence-electron chi connectivity index (χ4n) is 7.78. The number of hydrogen-bond acceptors (Lipinski definition) is 2. The van der Waals surface area contributed by atoms with Crippen molar-refractivity contribution in [3.63, 3.8) is 0 Å². The van der Waals surface area contributed by atoms with E-state index in [-0.39, 0.29) is 5.96 Å². The fraction of sp³-hybridized carbons (Fsp3) is 0.905. The van der Waals surface area contributed by atoms with Gasteiger partial charge in [-0.1, -0.05) is 26.7 Å². The van der Waals surface area contributed by atoms with Crippen LogP contribution < -0.4 is 11.2 Å². The van der Waals surface area contributed by atoms with Crippen LogP contribution in [0.15, 0.2) is 5.10 Å². The third-order valence-electron chi connectivity index (χ3n) is 9.10. The van der Waals surface area contributed by atoms with Crippen LogP contribution in [0, 0.1) is 45.8 Å². The molecule has 0 amide bonds. The molecule has 0 aromatic heterocycles. The molecule has 4 fully saturated rings. The number of nitrogens with one attached hydrogen (secondary N) is 2. The van der Waals surface area contributed by atoms with Crippen LogP contribution in [-0.2, 0) is 0 Å². The zero-order valence-corrected chi connectivity index (χ0v) is 16.1. The van der Waals surface area contributed by atoms with Gasteiger partial charge in [-0.15, -0.1) is 0 Å². The highest BCUT2D eigenvalue weighted by Gasteiger charge is 2.59. The molecule has 140 valence electrons. The van der Waals surface area contributed by atoms with Crippen molar-refractivity contribution in [3.8, 4) is 0 Å². The van der Waals surface area contributed by atoms with Crippen molar-refractivity contribution >= 4 is 12.2 Å². The molecule has 4 N–H and O–H groups in total. The number of nitrogens with two attached hydrogens (primary N) is 1. The van der Waals surface area contributed by atoms with Crippen LogP contribution in [-0.4, -0.2) is 12.2 Å². The first-order chi connectivity index (χ1) is 11.9. The minimum Gasteiger partial charge on any atom is -0.369 e. The van der Waals surface area contributed by atoms with Gasteiger partial charge < -0.3 is 5.73 Å². The van der Waals surface area contributed by atoms with Crippen LogP contribution in [0.3, 0.4) is 0 Å². The summed E-state index contributed by atoms with van der Waals surface area (Å²) in [5.41, 5.74) is 9.01. The number of rotatable bonds is 2. The van der Waals surface area contributed by atoms with Gasteiger partial charge >= 0.3 is 0 Å². The molecule has 4 saturated carbocycles. The summed E-state index contributed by atoms with van der Waals surface area (Å²) in [6.07, 6.45) is 16.3. The Labute approximate surface area is 152 Å². The highest BCUT2D eigenvalue weighted by atomic mass is 15.3. The van der Waals surface area contributed by atoms with Crippen LogP contribution in [0.5, 0.6) is 0 Å². The lowest BCUT2D eigenvalue weighted by molar-refractivity contribution is -0.106. The number of fused-ring (bicyclic) bond motifs is 5. The van der Waals surface area contributed by atoms with E-state index in [0.29, 0.717) is 16.7 Å². The van der Waals surface area contributed by atoms with Crippen molar-refractivity contribution in [2.75, 3.05) is 0 Å². The maximum Gasteiger partial charge on any atom is 0.206 e. The molecule has 7 atom stereocenters. The van der Waals surface area contributed by atoms with Crippen molar-refractivity contribution in [1.82, 2.24) is 5.43 Å². The summed E-state index contributed by atoms with van der Waals surface area (Å²) in [6.45, 7) is 5.18. The zero-order chi connectivity index (χ0) is 17.7. The van der Waals surface area contributed by atoms with Gasteiger partial charge in [0.2, 0.25) is 5.96 Å². The van der Waals surface area contributed by atoms with Crippen LogP contribution in [0.1, 0.15) is 78.1 Å². The zero-order valence-electron chi connectivity index (χ0n) is 16.1.